The maximum absolute atomic E-state index is 12.9. The largest absolute Gasteiger partial charge is 0.484 e. The molecule has 3 amide bonds. The molecular formula is C22H23FN4O5. The number of anilines is 1. The molecule has 1 fully saturated rings. The van der Waals surface area contributed by atoms with Crippen LogP contribution >= 0.6 is 0 Å². The summed E-state index contributed by atoms with van der Waals surface area (Å²) in [5.74, 6) is -2.07. The lowest BCUT2D eigenvalue weighted by molar-refractivity contribution is -0.139. The summed E-state index contributed by atoms with van der Waals surface area (Å²) in [6, 6.07) is 12.0. The number of carbonyl (C=O) groups excluding carboxylic acids is 3. The van der Waals surface area contributed by atoms with Gasteiger partial charge in [-0.3, -0.25) is 14.4 Å². The Hall–Kier alpha value is -3.79. The molecule has 3 rings (SSSR count). The van der Waals surface area contributed by atoms with Gasteiger partial charge in [0.2, 0.25) is 0 Å². The number of rotatable bonds is 8. The fourth-order valence-electron chi connectivity index (χ4n) is 2.87. The Bertz CT molecular complexity index is 975. The topological polar surface area (TPSA) is 118 Å². The summed E-state index contributed by atoms with van der Waals surface area (Å²) >= 11 is 0. The SMILES string of the molecule is O=C(COc1cccc(/C=N\NC(=O)C(=O)NC[C@@H]2CCCO2)c1)Nc1ccc(F)cc1. The molecule has 1 heterocycles. The fourth-order valence-corrected chi connectivity index (χ4v) is 2.87. The Balaban J connectivity index is 1.41. The van der Waals surface area contributed by atoms with Crippen LogP contribution in [-0.2, 0) is 19.1 Å². The number of nitrogens with zero attached hydrogens (tertiary/aromatic N) is 1. The Kier molecular flexibility index (Phi) is 8.27. The van der Waals surface area contributed by atoms with Gasteiger partial charge in [0, 0.05) is 18.8 Å². The van der Waals surface area contributed by atoms with E-state index in [2.05, 4.69) is 21.2 Å². The van der Waals surface area contributed by atoms with Gasteiger partial charge in [-0.1, -0.05) is 12.1 Å². The molecule has 0 saturated carbocycles. The van der Waals surface area contributed by atoms with Crippen molar-refractivity contribution in [2.24, 2.45) is 5.10 Å². The number of amides is 3. The van der Waals surface area contributed by atoms with Crippen LogP contribution in [0.5, 0.6) is 5.75 Å². The number of halogens is 1. The van der Waals surface area contributed by atoms with Crippen molar-refractivity contribution < 1.29 is 28.2 Å². The van der Waals surface area contributed by atoms with Crippen LogP contribution < -0.4 is 20.8 Å². The zero-order valence-corrected chi connectivity index (χ0v) is 17.2. The molecule has 0 radical (unpaired) electrons. The second-order valence-electron chi connectivity index (χ2n) is 6.96. The smallest absolute Gasteiger partial charge is 0.329 e. The van der Waals surface area contributed by atoms with Crippen LogP contribution in [0.15, 0.2) is 53.6 Å². The minimum Gasteiger partial charge on any atom is -0.484 e. The van der Waals surface area contributed by atoms with Gasteiger partial charge in [-0.15, -0.1) is 0 Å². The van der Waals surface area contributed by atoms with E-state index < -0.39 is 23.5 Å². The molecule has 0 bridgehead atoms. The first-order chi connectivity index (χ1) is 15.5. The van der Waals surface area contributed by atoms with Crippen LogP contribution in [0.4, 0.5) is 10.1 Å². The summed E-state index contributed by atoms with van der Waals surface area (Å²) in [6.07, 6.45) is 3.08. The van der Waals surface area contributed by atoms with Crippen molar-refractivity contribution in [2.45, 2.75) is 18.9 Å². The molecule has 1 aliphatic heterocycles. The number of nitrogens with one attached hydrogen (secondary N) is 3. The number of ether oxygens (including phenoxy) is 2. The van der Waals surface area contributed by atoms with Gasteiger partial charge in [-0.25, -0.2) is 9.82 Å². The summed E-state index contributed by atoms with van der Waals surface area (Å²) in [6.45, 7) is 0.697. The van der Waals surface area contributed by atoms with Crippen molar-refractivity contribution in [1.82, 2.24) is 10.7 Å². The second kappa shape index (κ2) is 11.6. The molecule has 0 aromatic heterocycles. The van der Waals surface area contributed by atoms with E-state index in [-0.39, 0.29) is 19.3 Å². The van der Waals surface area contributed by atoms with Crippen molar-refractivity contribution in [3.05, 3.63) is 59.9 Å². The normalized spacial score (nSPS) is 15.3. The van der Waals surface area contributed by atoms with Gasteiger partial charge in [0.1, 0.15) is 11.6 Å². The van der Waals surface area contributed by atoms with Gasteiger partial charge >= 0.3 is 11.8 Å². The van der Waals surface area contributed by atoms with Crippen LogP contribution in [0.25, 0.3) is 0 Å². The van der Waals surface area contributed by atoms with Gasteiger partial charge in [-0.2, -0.15) is 5.10 Å². The standard InChI is InChI=1S/C22H23FN4O5/c23-16-6-8-17(9-7-16)26-20(28)14-32-18-4-1-3-15(11-18)12-25-27-22(30)21(29)24-13-19-5-2-10-31-19/h1,3-4,6-9,11-12,19H,2,5,10,13-14H2,(H,24,29)(H,26,28)(H,27,30)/b25-12-/t19-/m0/s1. The van der Waals surface area contributed by atoms with Crippen molar-refractivity contribution in [1.29, 1.82) is 0 Å². The molecule has 32 heavy (non-hydrogen) atoms. The van der Waals surface area contributed by atoms with E-state index >= 15 is 0 Å². The summed E-state index contributed by atoms with van der Waals surface area (Å²) in [4.78, 5) is 35.5. The van der Waals surface area contributed by atoms with Crippen molar-refractivity contribution in [2.75, 3.05) is 25.1 Å². The number of carbonyl (C=O) groups is 3. The first kappa shape index (κ1) is 22.9. The Morgan fingerprint density at radius 2 is 1.97 bits per heavy atom. The molecule has 0 aliphatic carbocycles. The quantitative estimate of drug-likeness (QED) is 0.326. The highest BCUT2D eigenvalue weighted by Gasteiger charge is 2.18. The minimum atomic E-state index is -0.885. The Morgan fingerprint density at radius 3 is 2.72 bits per heavy atom. The molecule has 2 aromatic carbocycles. The molecule has 168 valence electrons. The highest BCUT2D eigenvalue weighted by atomic mass is 19.1. The molecule has 0 spiro atoms. The van der Waals surface area contributed by atoms with Gasteiger partial charge in [-0.05, 0) is 54.8 Å². The van der Waals surface area contributed by atoms with Gasteiger partial charge in [0.25, 0.3) is 5.91 Å². The molecule has 1 aliphatic rings. The lowest BCUT2D eigenvalue weighted by Gasteiger charge is -2.09. The molecule has 9 nitrogen and oxygen atoms in total. The third-order valence-electron chi connectivity index (χ3n) is 4.46. The predicted octanol–water partition coefficient (Wildman–Crippen LogP) is 1.59. The highest BCUT2D eigenvalue weighted by Crippen LogP contribution is 2.13. The highest BCUT2D eigenvalue weighted by molar-refractivity contribution is 6.35. The number of hydrazone groups is 1. The van der Waals surface area contributed by atoms with E-state index in [0.717, 1.165) is 12.8 Å². The van der Waals surface area contributed by atoms with E-state index in [4.69, 9.17) is 9.47 Å². The second-order valence-corrected chi connectivity index (χ2v) is 6.96. The average Bonchev–Trinajstić information content (AvgIpc) is 3.31. The summed E-state index contributed by atoms with van der Waals surface area (Å²) < 4.78 is 23.7. The molecule has 10 heteroatoms. The van der Waals surface area contributed by atoms with E-state index in [0.29, 0.717) is 23.6 Å². The molecular weight excluding hydrogens is 419 g/mol. The first-order valence-electron chi connectivity index (χ1n) is 10.0. The van der Waals surface area contributed by atoms with Crippen molar-refractivity contribution in [3.8, 4) is 5.75 Å². The zero-order valence-electron chi connectivity index (χ0n) is 17.2. The average molecular weight is 442 g/mol. The van der Waals surface area contributed by atoms with E-state index in [1.807, 2.05) is 0 Å². The van der Waals surface area contributed by atoms with Crippen LogP contribution in [0, 0.1) is 5.82 Å². The Labute approximate surface area is 184 Å². The van der Waals surface area contributed by atoms with Crippen molar-refractivity contribution >= 4 is 29.6 Å². The Morgan fingerprint density at radius 1 is 1.16 bits per heavy atom. The van der Waals surface area contributed by atoms with Crippen LogP contribution in [0.2, 0.25) is 0 Å². The third-order valence-corrected chi connectivity index (χ3v) is 4.46. The van der Waals surface area contributed by atoms with E-state index in [9.17, 15) is 18.8 Å². The van der Waals surface area contributed by atoms with Crippen LogP contribution in [-0.4, -0.2) is 49.8 Å². The van der Waals surface area contributed by atoms with Crippen LogP contribution in [0.3, 0.4) is 0 Å². The zero-order chi connectivity index (χ0) is 22.8. The number of hydrogen-bond donors (Lipinski definition) is 3. The third kappa shape index (κ3) is 7.47. The molecule has 0 unspecified atom stereocenters. The number of hydrogen-bond acceptors (Lipinski definition) is 6. The molecule has 2 aromatic rings. The van der Waals surface area contributed by atoms with Gasteiger partial charge < -0.3 is 20.1 Å². The van der Waals surface area contributed by atoms with E-state index in [1.165, 1.54) is 30.5 Å². The maximum Gasteiger partial charge on any atom is 0.329 e. The molecule has 1 saturated heterocycles. The van der Waals surface area contributed by atoms with Gasteiger partial charge in [0.15, 0.2) is 6.61 Å². The summed E-state index contributed by atoms with van der Waals surface area (Å²) in [7, 11) is 0. The monoisotopic (exact) mass is 442 g/mol. The fraction of sp³-hybridized carbons (Fsp3) is 0.273. The van der Waals surface area contributed by atoms with E-state index in [1.54, 1.807) is 24.3 Å². The minimum absolute atomic E-state index is 0.0595. The predicted molar refractivity (Wildman–Crippen MR) is 115 cm³/mol. The lowest BCUT2D eigenvalue weighted by atomic mass is 10.2. The first-order valence-corrected chi connectivity index (χ1v) is 10.0. The molecule has 1 atom stereocenters. The summed E-state index contributed by atoms with van der Waals surface area (Å²) in [5.41, 5.74) is 3.19. The lowest BCUT2D eigenvalue weighted by Crippen LogP contribution is -2.41. The van der Waals surface area contributed by atoms with Crippen molar-refractivity contribution in [3.63, 3.8) is 0 Å². The van der Waals surface area contributed by atoms with Crippen LogP contribution in [0.1, 0.15) is 18.4 Å². The van der Waals surface area contributed by atoms with Gasteiger partial charge in [0.05, 0.1) is 12.3 Å². The molecule has 3 N–H and O–H groups in total. The number of benzene rings is 2. The maximum atomic E-state index is 12.9. The summed E-state index contributed by atoms with van der Waals surface area (Å²) in [5, 5.41) is 8.85.